The van der Waals surface area contributed by atoms with Gasteiger partial charge < -0.3 is 10.9 Å². The number of rotatable bonds is 4. The summed E-state index contributed by atoms with van der Waals surface area (Å²) in [6, 6.07) is 0.419. The van der Waals surface area contributed by atoms with Crippen molar-refractivity contribution in [3.05, 3.63) is 0 Å². The van der Waals surface area contributed by atoms with Crippen molar-refractivity contribution in [3.8, 4) is 0 Å². The van der Waals surface area contributed by atoms with Gasteiger partial charge in [-0.05, 0) is 24.8 Å². The lowest BCUT2D eigenvalue weighted by Gasteiger charge is -2.27. The van der Waals surface area contributed by atoms with Crippen LogP contribution >= 0.6 is 0 Å². The first-order chi connectivity index (χ1) is 6.98. The molecule has 1 atom stereocenters. The summed E-state index contributed by atoms with van der Waals surface area (Å²) < 4.78 is 0. The van der Waals surface area contributed by atoms with Crippen molar-refractivity contribution in [1.29, 1.82) is 0 Å². The van der Waals surface area contributed by atoms with Crippen molar-refractivity contribution in [3.63, 3.8) is 0 Å². The van der Waals surface area contributed by atoms with E-state index in [2.05, 4.69) is 30.8 Å². The molecule has 0 saturated carbocycles. The summed E-state index contributed by atoms with van der Waals surface area (Å²) in [5.74, 6) is 0.339. The van der Waals surface area contributed by atoms with E-state index in [9.17, 15) is 0 Å². The zero-order valence-corrected chi connectivity index (χ0v) is 10.0. The minimum atomic E-state index is 0.339. The lowest BCUT2D eigenvalue weighted by molar-refractivity contribution is 0.214. The molecule has 1 fully saturated rings. The monoisotopic (exact) mass is 213 g/mol. The van der Waals surface area contributed by atoms with Gasteiger partial charge >= 0.3 is 0 Å². The van der Waals surface area contributed by atoms with Gasteiger partial charge in [0.2, 0.25) is 0 Å². The van der Waals surface area contributed by atoms with Crippen LogP contribution in [0.4, 0.5) is 0 Å². The van der Waals surface area contributed by atoms with E-state index in [1.807, 2.05) is 0 Å². The Morgan fingerprint density at radius 1 is 1.60 bits per heavy atom. The Kier molecular flexibility index (Phi) is 3.97. The molecule has 88 valence electrons. The van der Waals surface area contributed by atoms with Gasteiger partial charge in [0, 0.05) is 19.0 Å². The van der Waals surface area contributed by atoms with E-state index in [0.717, 1.165) is 19.5 Å². The molecular formula is C11H23N3O. The third-order valence-electron chi connectivity index (χ3n) is 3.27. The first-order valence-electron chi connectivity index (χ1n) is 5.69. The maximum absolute atomic E-state index is 8.57. The smallest absolute Gasteiger partial charge is 0.140 e. The third-order valence-corrected chi connectivity index (χ3v) is 3.27. The van der Waals surface area contributed by atoms with Crippen LogP contribution in [-0.2, 0) is 0 Å². The Balaban J connectivity index is 2.53. The predicted molar refractivity (Wildman–Crippen MR) is 62.1 cm³/mol. The third kappa shape index (κ3) is 3.38. The fourth-order valence-electron chi connectivity index (χ4n) is 2.28. The molecule has 1 heterocycles. The lowest BCUT2D eigenvalue weighted by Crippen LogP contribution is -2.37. The van der Waals surface area contributed by atoms with Gasteiger partial charge in [-0.25, -0.2) is 0 Å². The number of likely N-dealkylation sites (tertiary alicyclic amines) is 1. The Bertz CT molecular complexity index is 238. The van der Waals surface area contributed by atoms with E-state index < -0.39 is 0 Å². The highest BCUT2D eigenvalue weighted by molar-refractivity contribution is 5.80. The first-order valence-corrected chi connectivity index (χ1v) is 5.69. The molecule has 15 heavy (non-hydrogen) atoms. The maximum atomic E-state index is 8.57. The van der Waals surface area contributed by atoms with E-state index in [4.69, 9.17) is 10.9 Å². The van der Waals surface area contributed by atoms with Gasteiger partial charge in [0.05, 0.1) is 0 Å². The molecule has 0 aromatic rings. The highest BCUT2D eigenvalue weighted by Crippen LogP contribution is 2.31. The second kappa shape index (κ2) is 4.84. The van der Waals surface area contributed by atoms with Crippen molar-refractivity contribution in [2.75, 3.05) is 13.1 Å². The molecule has 1 rings (SSSR count). The van der Waals surface area contributed by atoms with Crippen LogP contribution in [0.2, 0.25) is 0 Å². The van der Waals surface area contributed by atoms with Gasteiger partial charge in [-0.15, -0.1) is 0 Å². The molecule has 4 nitrogen and oxygen atoms in total. The normalized spacial score (nSPS) is 24.3. The van der Waals surface area contributed by atoms with Crippen molar-refractivity contribution < 1.29 is 5.21 Å². The second-order valence-corrected chi connectivity index (χ2v) is 5.24. The van der Waals surface area contributed by atoms with Crippen LogP contribution in [0.25, 0.3) is 0 Å². The molecule has 1 aliphatic heterocycles. The topological polar surface area (TPSA) is 61.9 Å². The fraction of sp³-hybridized carbons (Fsp3) is 0.909. The average Bonchev–Trinajstić information content (AvgIpc) is 2.54. The van der Waals surface area contributed by atoms with Gasteiger partial charge in [0.15, 0.2) is 0 Å². The standard InChI is InChI=1S/C11H23N3O/c1-4-9(7-10(12)13-15)14-6-5-11(2,3)8-14/h9,15H,4-8H2,1-3H3,(H2,12,13). The van der Waals surface area contributed by atoms with Crippen LogP contribution in [0.15, 0.2) is 5.16 Å². The van der Waals surface area contributed by atoms with E-state index in [-0.39, 0.29) is 0 Å². The molecule has 1 aliphatic rings. The molecule has 0 aromatic heterocycles. The number of nitrogens with zero attached hydrogens (tertiary/aromatic N) is 2. The van der Waals surface area contributed by atoms with E-state index in [1.54, 1.807) is 0 Å². The molecule has 4 heteroatoms. The summed E-state index contributed by atoms with van der Waals surface area (Å²) in [6.07, 6.45) is 2.95. The van der Waals surface area contributed by atoms with Crippen LogP contribution in [0.5, 0.6) is 0 Å². The summed E-state index contributed by atoms with van der Waals surface area (Å²) >= 11 is 0. The van der Waals surface area contributed by atoms with E-state index in [0.29, 0.717) is 23.7 Å². The Morgan fingerprint density at radius 3 is 2.67 bits per heavy atom. The van der Waals surface area contributed by atoms with Crippen LogP contribution in [0, 0.1) is 5.41 Å². The molecule has 0 radical (unpaired) electrons. The maximum Gasteiger partial charge on any atom is 0.140 e. The quantitative estimate of drug-likeness (QED) is 0.323. The Morgan fingerprint density at radius 2 is 2.27 bits per heavy atom. The number of amidine groups is 1. The summed E-state index contributed by atoms with van der Waals surface area (Å²) in [4.78, 5) is 2.46. The molecule has 1 unspecified atom stereocenters. The SMILES string of the molecule is CCC(CC(N)=NO)N1CCC(C)(C)C1. The van der Waals surface area contributed by atoms with Gasteiger partial charge in [0.25, 0.3) is 0 Å². The first kappa shape index (κ1) is 12.3. The van der Waals surface area contributed by atoms with Crippen LogP contribution < -0.4 is 5.73 Å². The highest BCUT2D eigenvalue weighted by Gasteiger charge is 2.32. The van der Waals surface area contributed by atoms with Gasteiger partial charge in [-0.3, -0.25) is 4.90 Å². The molecule has 0 amide bonds. The molecular weight excluding hydrogens is 190 g/mol. The molecule has 0 bridgehead atoms. The zero-order chi connectivity index (χ0) is 11.5. The van der Waals surface area contributed by atoms with Crippen LogP contribution in [-0.4, -0.2) is 35.1 Å². The lowest BCUT2D eigenvalue weighted by atomic mass is 9.93. The molecule has 3 N–H and O–H groups in total. The number of hydrogen-bond donors (Lipinski definition) is 2. The van der Waals surface area contributed by atoms with Gasteiger partial charge in [-0.1, -0.05) is 25.9 Å². The zero-order valence-electron chi connectivity index (χ0n) is 10.0. The minimum Gasteiger partial charge on any atom is -0.409 e. The summed E-state index contributed by atoms with van der Waals surface area (Å²) in [7, 11) is 0. The number of nitrogens with two attached hydrogens (primary N) is 1. The van der Waals surface area contributed by atoms with Gasteiger partial charge in [0.1, 0.15) is 5.84 Å². The average molecular weight is 213 g/mol. The molecule has 0 aromatic carbocycles. The predicted octanol–water partition coefficient (Wildman–Crippen LogP) is 1.63. The van der Waals surface area contributed by atoms with Gasteiger partial charge in [-0.2, -0.15) is 0 Å². The minimum absolute atomic E-state index is 0.339. The molecule has 0 aliphatic carbocycles. The van der Waals surface area contributed by atoms with Crippen molar-refractivity contribution in [2.24, 2.45) is 16.3 Å². The van der Waals surface area contributed by atoms with E-state index >= 15 is 0 Å². The number of hydrogen-bond acceptors (Lipinski definition) is 3. The molecule has 0 spiro atoms. The van der Waals surface area contributed by atoms with E-state index in [1.165, 1.54) is 6.42 Å². The highest BCUT2D eigenvalue weighted by atomic mass is 16.4. The molecule has 1 saturated heterocycles. The van der Waals surface area contributed by atoms with Crippen LogP contribution in [0.1, 0.15) is 40.0 Å². The summed E-state index contributed by atoms with van der Waals surface area (Å²) in [6.45, 7) is 8.99. The number of oxime groups is 1. The Hall–Kier alpha value is -0.770. The van der Waals surface area contributed by atoms with Crippen molar-refractivity contribution in [1.82, 2.24) is 4.90 Å². The second-order valence-electron chi connectivity index (χ2n) is 5.24. The van der Waals surface area contributed by atoms with Crippen molar-refractivity contribution in [2.45, 2.75) is 46.1 Å². The fourth-order valence-corrected chi connectivity index (χ4v) is 2.28. The Labute approximate surface area is 92.1 Å². The van der Waals surface area contributed by atoms with Crippen LogP contribution in [0.3, 0.4) is 0 Å². The largest absolute Gasteiger partial charge is 0.409 e. The van der Waals surface area contributed by atoms with Crippen molar-refractivity contribution >= 4 is 5.84 Å². The summed E-state index contributed by atoms with van der Waals surface area (Å²) in [5.41, 5.74) is 5.97. The summed E-state index contributed by atoms with van der Waals surface area (Å²) in [5, 5.41) is 11.6.